The van der Waals surface area contributed by atoms with E-state index in [4.69, 9.17) is 0 Å². The van der Waals surface area contributed by atoms with Crippen LogP contribution in [0, 0.1) is 0 Å². The lowest BCUT2D eigenvalue weighted by Crippen LogP contribution is -2.38. The van der Waals surface area contributed by atoms with Gasteiger partial charge in [-0.25, -0.2) is 0 Å². The predicted molar refractivity (Wildman–Crippen MR) is 62.0 cm³/mol. The summed E-state index contributed by atoms with van der Waals surface area (Å²) in [6, 6.07) is 5.15. The molecule has 1 N–H and O–H groups in total. The minimum atomic E-state index is -0.426. The summed E-state index contributed by atoms with van der Waals surface area (Å²) in [7, 11) is 1.51. The number of rotatable bonds is 3. The van der Waals surface area contributed by atoms with Crippen molar-refractivity contribution in [2.75, 3.05) is 7.05 Å². The Balaban J connectivity index is 2.03. The minimum Gasteiger partial charge on any atom is -0.297 e. The number of hydrogen-bond acceptors (Lipinski definition) is 4. The monoisotopic (exact) mass is 233 g/mol. The number of hydrogen-bond donors (Lipinski definition) is 1. The highest BCUT2D eigenvalue weighted by atomic mass is 16.2. The molecule has 0 bridgehead atoms. The lowest BCUT2D eigenvalue weighted by Gasteiger charge is -2.17. The fraction of sp³-hybridized carbons (Fsp3) is 0.417. The number of nitrogens with zero attached hydrogens (tertiary/aromatic N) is 2. The number of likely N-dealkylation sites (tertiary alicyclic amines) is 1. The molecule has 2 rings (SSSR count). The van der Waals surface area contributed by atoms with E-state index in [0.29, 0.717) is 0 Å². The zero-order valence-corrected chi connectivity index (χ0v) is 9.88. The van der Waals surface area contributed by atoms with E-state index < -0.39 is 6.04 Å². The van der Waals surface area contributed by atoms with Crippen LogP contribution in [-0.4, -0.2) is 34.8 Å². The Hall–Kier alpha value is -1.75. The lowest BCUT2D eigenvalue weighted by molar-refractivity contribution is -0.137. The number of likely N-dealkylation sites (N-methyl/N-ethyl adjacent to an activating group) is 1. The van der Waals surface area contributed by atoms with Gasteiger partial charge >= 0.3 is 0 Å². The lowest BCUT2D eigenvalue weighted by atomic mass is 10.1. The maximum atomic E-state index is 11.7. The van der Waals surface area contributed by atoms with Crippen LogP contribution in [0.3, 0.4) is 0 Å². The summed E-state index contributed by atoms with van der Waals surface area (Å²) in [6.45, 7) is 1.93. The number of carbonyl (C=O) groups excluding carboxylic acids is 2. The smallest absolute Gasteiger partial charge is 0.246 e. The van der Waals surface area contributed by atoms with E-state index in [2.05, 4.69) is 10.3 Å². The number of carbonyl (C=O) groups is 2. The summed E-state index contributed by atoms with van der Waals surface area (Å²) in [5, 5.41) is 3.13. The summed E-state index contributed by atoms with van der Waals surface area (Å²) < 4.78 is 0. The molecule has 1 unspecified atom stereocenters. The van der Waals surface area contributed by atoms with Gasteiger partial charge in [-0.2, -0.15) is 0 Å². The maximum absolute atomic E-state index is 11.7. The molecule has 1 aromatic heterocycles. The van der Waals surface area contributed by atoms with Crippen molar-refractivity contribution in [1.29, 1.82) is 0 Å². The highest BCUT2D eigenvalue weighted by molar-refractivity contribution is 6.05. The summed E-state index contributed by atoms with van der Waals surface area (Å²) >= 11 is 0. The van der Waals surface area contributed by atoms with Crippen LogP contribution in [0.25, 0.3) is 0 Å². The molecule has 2 heterocycles. The molecule has 2 amide bonds. The fourth-order valence-corrected chi connectivity index (χ4v) is 1.91. The Labute approximate surface area is 99.8 Å². The van der Waals surface area contributed by atoms with E-state index >= 15 is 0 Å². The summed E-state index contributed by atoms with van der Waals surface area (Å²) in [4.78, 5) is 28.4. The Morgan fingerprint density at radius 2 is 2.24 bits per heavy atom. The first-order chi connectivity index (χ1) is 8.09. The molecule has 5 nitrogen and oxygen atoms in total. The van der Waals surface area contributed by atoms with Gasteiger partial charge in [0.2, 0.25) is 11.8 Å². The first kappa shape index (κ1) is 11.7. The molecule has 1 fully saturated rings. The third kappa shape index (κ3) is 2.34. The second-order valence-electron chi connectivity index (χ2n) is 4.19. The van der Waals surface area contributed by atoms with E-state index in [1.54, 1.807) is 6.20 Å². The first-order valence-electron chi connectivity index (χ1n) is 5.57. The highest BCUT2D eigenvalue weighted by Crippen LogP contribution is 2.16. The third-order valence-corrected chi connectivity index (χ3v) is 2.96. The molecular weight excluding hydrogens is 218 g/mol. The average molecular weight is 233 g/mol. The zero-order valence-electron chi connectivity index (χ0n) is 9.88. The van der Waals surface area contributed by atoms with Gasteiger partial charge in [0.05, 0.1) is 18.2 Å². The van der Waals surface area contributed by atoms with Crippen LogP contribution < -0.4 is 5.32 Å². The topological polar surface area (TPSA) is 62.3 Å². The quantitative estimate of drug-likeness (QED) is 0.772. The van der Waals surface area contributed by atoms with Gasteiger partial charge in [-0.3, -0.25) is 24.8 Å². The van der Waals surface area contributed by atoms with Gasteiger partial charge in [0, 0.05) is 19.3 Å². The van der Waals surface area contributed by atoms with E-state index in [1.807, 2.05) is 25.1 Å². The molecule has 0 radical (unpaired) electrons. The van der Waals surface area contributed by atoms with Crippen molar-refractivity contribution in [3.63, 3.8) is 0 Å². The number of pyridine rings is 1. The zero-order chi connectivity index (χ0) is 12.4. The third-order valence-electron chi connectivity index (χ3n) is 2.96. The van der Waals surface area contributed by atoms with Crippen molar-refractivity contribution in [3.8, 4) is 0 Å². The Morgan fingerprint density at radius 1 is 1.47 bits per heavy atom. The van der Waals surface area contributed by atoms with Gasteiger partial charge in [0.1, 0.15) is 0 Å². The summed E-state index contributed by atoms with van der Waals surface area (Å²) in [6.07, 6.45) is 1.94. The van der Waals surface area contributed by atoms with Crippen LogP contribution in [0.5, 0.6) is 0 Å². The predicted octanol–water partition coefficient (Wildman–Crippen LogP) is 0.489. The molecular formula is C12H15N3O2. The van der Waals surface area contributed by atoms with Gasteiger partial charge in [-0.15, -0.1) is 0 Å². The van der Waals surface area contributed by atoms with Gasteiger partial charge in [0.15, 0.2) is 0 Å². The molecule has 0 aromatic carbocycles. The molecule has 17 heavy (non-hydrogen) atoms. The molecule has 0 spiro atoms. The van der Waals surface area contributed by atoms with Crippen LogP contribution in [0.4, 0.5) is 0 Å². The molecule has 90 valence electrons. The van der Waals surface area contributed by atoms with Crippen molar-refractivity contribution in [2.45, 2.75) is 25.4 Å². The number of aromatic nitrogens is 1. The SMILES string of the molecule is C[C@H](NC1CC(=O)N(C)C1=O)c1ccccn1. The summed E-state index contributed by atoms with van der Waals surface area (Å²) in [5.41, 5.74) is 0.863. The first-order valence-corrected chi connectivity index (χ1v) is 5.57. The average Bonchev–Trinajstić information content (AvgIpc) is 2.58. The van der Waals surface area contributed by atoms with Crippen molar-refractivity contribution < 1.29 is 9.59 Å². The van der Waals surface area contributed by atoms with Crippen LogP contribution in [-0.2, 0) is 9.59 Å². The van der Waals surface area contributed by atoms with Crippen LogP contribution in [0.2, 0.25) is 0 Å². The number of imide groups is 1. The summed E-state index contributed by atoms with van der Waals surface area (Å²) in [5.74, 6) is -0.307. The molecule has 0 saturated carbocycles. The van der Waals surface area contributed by atoms with Crippen molar-refractivity contribution >= 4 is 11.8 Å². The van der Waals surface area contributed by atoms with Crippen LogP contribution in [0.1, 0.15) is 25.1 Å². The number of nitrogens with one attached hydrogen (secondary N) is 1. The van der Waals surface area contributed by atoms with E-state index in [0.717, 1.165) is 5.69 Å². The van der Waals surface area contributed by atoms with Gasteiger partial charge < -0.3 is 0 Å². The number of amides is 2. The molecule has 1 saturated heterocycles. The molecule has 2 atom stereocenters. The van der Waals surface area contributed by atoms with E-state index in [9.17, 15) is 9.59 Å². The highest BCUT2D eigenvalue weighted by Gasteiger charge is 2.36. The van der Waals surface area contributed by atoms with Crippen molar-refractivity contribution in [1.82, 2.24) is 15.2 Å². The van der Waals surface area contributed by atoms with E-state index in [1.165, 1.54) is 11.9 Å². The normalized spacial score (nSPS) is 22.0. The van der Waals surface area contributed by atoms with E-state index in [-0.39, 0.29) is 24.3 Å². The minimum absolute atomic E-state index is 0.0514. The maximum Gasteiger partial charge on any atom is 0.246 e. The van der Waals surface area contributed by atoms with Crippen molar-refractivity contribution in [2.24, 2.45) is 0 Å². The van der Waals surface area contributed by atoms with Gasteiger partial charge in [-0.05, 0) is 19.1 Å². The molecule has 1 aliphatic rings. The molecule has 0 aliphatic carbocycles. The van der Waals surface area contributed by atoms with Crippen LogP contribution >= 0.6 is 0 Å². The Kier molecular flexibility index (Phi) is 3.19. The largest absolute Gasteiger partial charge is 0.297 e. The Bertz CT molecular complexity index is 433. The van der Waals surface area contributed by atoms with Gasteiger partial charge in [0.25, 0.3) is 0 Å². The van der Waals surface area contributed by atoms with Gasteiger partial charge in [-0.1, -0.05) is 6.07 Å². The standard InChI is InChI=1S/C12H15N3O2/c1-8(9-5-3-4-6-13-9)14-10-7-11(16)15(2)12(10)17/h3-6,8,10,14H,7H2,1-2H3/t8-,10?/m0/s1. The molecule has 1 aromatic rings. The van der Waals surface area contributed by atoms with Crippen LogP contribution in [0.15, 0.2) is 24.4 Å². The molecule has 1 aliphatic heterocycles. The fourth-order valence-electron chi connectivity index (χ4n) is 1.91. The van der Waals surface area contributed by atoms with Crippen molar-refractivity contribution in [3.05, 3.63) is 30.1 Å². The Morgan fingerprint density at radius 3 is 2.76 bits per heavy atom. The second kappa shape index (κ2) is 4.63. The second-order valence-corrected chi connectivity index (χ2v) is 4.19. The molecule has 5 heteroatoms.